The standard InChI is InChI=1S/C18H21Cl7O11/c1-7(26)32-8(6-31-17(13(19)20)27-2-3-28-17)9-10(36-18(14(21)22)29-4-5-30-18)11-12(33-9)35-15(34-11)16(23,24)25/h8-15H,2-6H2,1H3/t8-,9-,10+,11-,12-,15-/m1/s1. The van der Waals surface area contributed by atoms with Gasteiger partial charge in [-0.1, -0.05) is 81.2 Å². The lowest BCUT2D eigenvalue weighted by atomic mass is 10.1. The third kappa shape index (κ3) is 6.38. The fourth-order valence-electron chi connectivity index (χ4n) is 3.92. The highest BCUT2D eigenvalue weighted by atomic mass is 35.6. The molecule has 0 radical (unpaired) electrons. The topological polar surface area (TPSA) is 109 Å². The smallest absolute Gasteiger partial charge is 0.315 e. The lowest BCUT2D eigenvalue weighted by Crippen LogP contribution is -2.54. The lowest BCUT2D eigenvalue weighted by Gasteiger charge is -2.37. The average Bonchev–Trinajstić information content (AvgIpc) is 3.56. The van der Waals surface area contributed by atoms with Crippen molar-refractivity contribution in [3.63, 3.8) is 0 Å². The molecular weight excluding hydrogens is 640 g/mol. The molecule has 18 heteroatoms. The van der Waals surface area contributed by atoms with E-state index in [-0.39, 0.29) is 33.0 Å². The second-order valence-corrected chi connectivity index (χ2v) is 12.4. The van der Waals surface area contributed by atoms with Gasteiger partial charge in [0.15, 0.2) is 22.1 Å². The Balaban J connectivity index is 1.59. The van der Waals surface area contributed by atoms with E-state index in [4.69, 9.17) is 129 Å². The highest BCUT2D eigenvalue weighted by Gasteiger charge is 2.62. The number of carbonyl (C=O) groups excluding carboxylic acids is 1. The van der Waals surface area contributed by atoms with Gasteiger partial charge in [-0.2, -0.15) is 0 Å². The molecule has 0 aromatic heterocycles. The number of alkyl halides is 7. The molecule has 4 fully saturated rings. The summed E-state index contributed by atoms with van der Waals surface area (Å²) < 4.78 is 54.7. The largest absolute Gasteiger partial charge is 0.457 e. The minimum absolute atomic E-state index is 0.136. The van der Waals surface area contributed by atoms with Gasteiger partial charge in [-0.3, -0.25) is 4.79 Å². The zero-order valence-corrected chi connectivity index (χ0v) is 23.6. The van der Waals surface area contributed by atoms with Crippen molar-refractivity contribution in [2.45, 2.75) is 69.3 Å². The number of fused-ring (bicyclic) bond motifs is 1. The van der Waals surface area contributed by atoms with Crippen LogP contribution in [0, 0.1) is 0 Å². The van der Waals surface area contributed by atoms with E-state index >= 15 is 0 Å². The fourth-order valence-corrected chi connectivity index (χ4v) is 4.96. The van der Waals surface area contributed by atoms with E-state index in [0.29, 0.717) is 0 Å². The summed E-state index contributed by atoms with van der Waals surface area (Å²) >= 11 is 42.0. The molecule has 0 aliphatic carbocycles. The Bertz CT molecular complexity index is 773. The number of carbonyl (C=O) groups is 1. The first-order valence-electron chi connectivity index (χ1n) is 10.5. The van der Waals surface area contributed by atoms with Gasteiger partial charge in [0.2, 0.25) is 10.1 Å². The molecule has 0 unspecified atom stereocenters. The molecule has 4 saturated heterocycles. The Kier molecular flexibility index (Phi) is 9.98. The molecule has 4 rings (SSSR count). The van der Waals surface area contributed by atoms with Crippen molar-refractivity contribution in [3.8, 4) is 0 Å². The Labute approximate surface area is 240 Å². The molecule has 11 nitrogen and oxygen atoms in total. The third-order valence-corrected chi connectivity index (χ3v) is 6.96. The Morgan fingerprint density at radius 3 is 1.97 bits per heavy atom. The number of halogens is 7. The van der Waals surface area contributed by atoms with Crippen molar-refractivity contribution in [1.82, 2.24) is 0 Å². The van der Waals surface area contributed by atoms with Crippen molar-refractivity contribution in [1.29, 1.82) is 0 Å². The minimum atomic E-state index is -1.95. The molecule has 4 aliphatic heterocycles. The molecule has 6 atom stereocenters. The summed E-state index contributed by atoms with van der Waals surface area (Å²) in [7, 11) is 0. The normalized spacial score (nSPS) is 34.4. The summed E-state index contributed by atoms with van der Waals surface area (Å²) in [6, 6.07) is 0. The summed E-state index contributed by atoms with van der Waals surface area (Å²) in [4.78, 5) is 9.44. The summed E-state index contributed by atoms with van der Waals surface area (Å²) in [5, 5.41) is 0. The van der Waals surface area contributed by atoms with Gasteiger partial charge in [-0.15, -0.1) is 0 Å². The van der Waals surface area contributed by atoms with Gasteiger partial charge in [0.1, 0.15) is 18.3 Å². The van der Waals surface area contributed by atoms with Gasteiger partial charge in [-0.25, -0.2) is 0 Å². The van der Waals surface area contributed by atoms with Crippen molar-refractivity contribution in [3.05, 3.63) is 0 Å². The second-order valence-electron chi connectivity index (χ2n) is 7.82. The highest BCUT2D eigenvalue weighted by molar-refractivity contribution is 6.68. The first-order valence-corrected chi connectivity index (χ1v) is 13.4. The van der Waals surface area contributed by atoms with E-state index < -0.39 is 68.4 Å². The molecule has 4 heterocycles. The van der Waals surface area contributed by atoms with Gasteiger partial charge in [-0.05, 0) is 0 Å². The summed E-state index contributed by atoms with van der Waals surface area (Å²) in [5.74, 6) is -4.37. The maximum Gasteiger partial charge on any atom is 0.315 e. The van der Waals surface area contributed by atoms with Crippen molar-refractivity contribution in [2.75, 3.05) is 33.0 Å². The van der Waals surface area contributed by atoms with E-state index in [2.05, 4.69) is 0 Å². The number of rotatable bonds is 9. The molecule has 0 amide bonds. The Morgan fingerprint density at radius 2 is 1.47 bits per heavy atom. The van der Waals surface area contributed by atoms with Crippen LogP contribution in [0.5, 0.6) is 0 Å². The van der Waals surface area contributed by atoms with Crippen LogP contribution in [0.1, 0.15) is 6.92 Å². The van der Waals surface area contributed by atoms with E-state index in [1.165, 1.54) is 6.92 Å². The van der Waals surface area contributed by atoms with E-state index in [9.17, 15) is 4.79 Å². The summed E-state index contributed by atoms with van der Waals surface area (Å²) in [6.45, 7) is 1.44. The van der Waals surface area contributed by atoms with Crippen LogP contribution in [0.25, 0.3) is 0 Å². The lowest BCUT2D eigenvalue weighted by molar-refractivity contribution is -0.358. The third-order valence-electron chi connectivity index (χ3n) is 5.36. The summed E-state index contributed by atoms with van der Waals surface area (Å²) in [6.07, 6.45) is -6.90. The predicted octanol–water partition coefficient (Wildman–Crippen LogP) is 3.17. The number of ether oxygens (including phenoxy) is 10. The van der Waals surface area contributed by atoms with Gasteiger partial charge < -0.3 is 47.4 Å². The molecule has 0 aromatic rings. The van der Waals surface area contributed by atoms with Crippen molar-refractivity contribution in [2.24, 2.45) is 0 Å². The fraction of sp³-hybridized carbons (Fsp3) is 0.944. The molecule has 0 spiro atoms. The van der Waals surface area contributed by atoms with Gasteiger partial charge in [0.05, 0.1) is 33.0 Å². The van der Waals surface area contributed by atoms with Crippen LogP contribution in [0.15, 0.2) is 0 Å². The van der Waals surface area contributed by atoms with Gasteiger partial charge in [0.25, 0.3) is 0 Å². The number of hydrogen-bond donors (Lipinski definition) is 0. The van der Waals surface area contributed by atoms with Crippen LogP contribution in [0.2, 0.25) is 0 Å². The van der Waals surface area contributed by atoms with Crippen LogP contribution in [-0.4, -0.2) is 101 Å². The summed E-state index contributed by atoms with van der Waals surface area (Å²) in [5.41, 5.74) is 0. The van der Waals surface area contributed by atoms with Crippen LogP contribution in [-0.2, 0) is 52.2 Å². The zero-order valence-electron chi connectivity index (χ0n) is 18.3. The average molecular weight is 662 g/mol. The van der Waals surface area contributed by atoms with Crippen LogP contribution in [0.3, 0.4) is 0 Å². The molecule has 36 heavy (non-hydrogen) atoms. The zero-order chi connectivity index (χ0) is 26.3. The maximum atomic E-state index is 12.0. The molecule has 0 aromatic carbocycles. The molecule has 0 bridgehead atoms. The first kappa shape index (κ1) is 30.1. The first-order chi connectivity index (χ1) is 16.9. The maximum absolute atomic E-state index is 12.0. The molecule has 0 N–H and O–H groups in total. The van der Waals surface area contributed by atoms with Gasteiger partial charge in [0, 0.05) is 6.92 Å². The quantitative estimate of drug-likeness (QED) is 0.269. The van der Waals surface area contributed by atoms with E-state index in [0.717, 1.165) is 0 Å². The Hall–Kier alpha value is 1.14. The molecule has 208 valence electrons. The van der Waals surface area contributed by atoms with Crippen molar-refractivity contribution < 1.29 is 52.2 Å². The molecular formula is C18H21Cl7O11. The predicted molar refractivity (Wildman–Crippen MR) is 125 cm³/mol. The minimum Gasteiger partial charge on any atom is -0.457 e. The van der Waals surface area contributed by atoms with Gasteiger partial charge >= 0.3 is 17.9 Å². The number of esters is 1. The van der Waals surface area contributed by atoms with Crippen LogP contribution >= 0.6 is 81.2 Å². The highest BCUT2D eigenvalue weighted by Crippen LogP contribution is 2.46. The number of hydrogen-bond acceptors (Lipinski definition) is 11. The van der Waals surface area contributed by atoms with Crippen molar-refractivity contribution >= 4 is 87.2 Å². The van der Waals surface area contributed by atoms with E-state index in [1.807, 2.05) is 0 Å². The second kappa shape index (κ2) is 11.9. The molecule has 0 saturated carbocycles. The van der Waals surface area contributed by atoms with Crippen LogP contribution in [0.4, 0.5) is 0 Å². The van der Waals surface area contributed by atoms with Crippen LogP contribution < -0.4 is 0 Å². The Morgan fingerprint density at radius 1 is 0.917 bits per heavy atom. The monoisotopic (exact) mass is 658 g/mol. The van der Waals surface area contributed by atoms with E-state index in [1.54, 1.807) is 0 Å². The SMILES string of the molecule is CC(=O)O[C@H](COC1(C(Cl)Cl)OCCO1)[C@H]1O[C@@H]2O[C@H](C(Cl)(Cl)Cl)O[C@@H]2[C@H]1OC1(C(Cl)Cl)OCCO1. The molecule has 4 aliphatic rings.